The van der Waals surface area contributed by atoms with Gasteiger partial charge in [-0.15, -0.1) is 11.3 Å². The largest absolute Gasteiger partial charge is 0.469 e. The molecule has 0 spiro atoms. The number of hydrogen-bond donors (Lipinski definition) is 3. The number of nitrogens with zero attached hydrogens (tertiary/aromatic N) is 1. The summed E-state index contributed by atoms with van der Waals surface area (Å²) in [5, 5.41) is 10.6. The number of anilines is 2. The van der Waals surface area contributed by atoms with Crippen molar-refractivity contribution < 1.29 is 18.8 Å². The molecule has 2 aromatic heterocycles. The summed E-state index contributed by atoms with van der Waals surface area (Å²) < 4.78 is 5.13. The van der Waals surface area contributed by atoms with Crippen LogP contribution in [-0.4, -0.2) is 22.7 Å². The van der Waals surface area contributed by atoms with Gasteiger partial charge < -0.3 is 15.1 Å². The number of aromatic nitrogens is 1. The van der Waals surface area contributed by atoms with Gasteiger partial charge in [0.25, 0.3) is 5.91 Å². The van der Waals surface area contributed by atoms with Gasteiger partial charge in [-0.1, -0.05) is 26.0 Å². The summed E-state index contributed by atoms with van der Waals surface area (Å²) in [5.74, 6) is -0.0464. The number of carbonyl (C=O) groups excluding carboxylic acids is 3. The van der Waals surface area contributed by atoms with Gasteiger partial charge in [-0.2, -0.15) is 0 Å². The highest BCUT2D eigenvalue weighted by Crippen LogP contribution is 2.18. The maximum absolute atomic E-state index is 12.3. The van der Waals surface area contributed by atoms with Gasteiger partial charge in [0.2, 0.25) is 11.8 Å². The predicted molar refractivity (Wildman–Crippen MR) is 124 cm³/mol. The topological polar surface area (TPSA) is 113 Å². The second kappa shape index (κ2) is 10.7. The van der Waals surface area contributed by atoms with E-state index in [4.69, 9.17) is 4.42 Å². The molecule has 0 saturated carbocycles. The molecule has 0 fully saturated rings. The Morgan fingerprint density at radius 1 is 1.19 bits per heavy atom. The summed E-state index contributed by atoms with van der Waals surface area (Å²) in [6, 6.07) is 8.98. The highest BCUT2D eigenvalue weighted by Gasteiger charge is 2.15. The Kier molecular flexibility index (Phi) is 7.77. The zero-order chi connectivity index (χ0) is 23.1. The normalized spacial score (nSPS) is 11.6. The summed E-state index contributed by atoms with van der Waals surface area (Å²) >= 11 is 1.26. The van der Waals surface area contributed by atoms with Gasteiger partial charge in [-0.05, 0) is 37.1 Å². The molecule has 0 bridgehead atoms. The maximum atomic E-state index is 12.3. The first-order chi connectivity index (χ1) is 15.4. The lowest BCUT2D eigenvalue weighted by atomic mass is 10.1. The van der Waals surface area contributed by atoms with Crippen LogP contribution in [0.2, 0.25) is 0 Å². The first-order valence-corrected chi connectivity index (χ1v) is 11.2. The van der Waals surface area contributed by atoms with Crippen LogP contribution in [-0.2, 0) is 22.6 Å². The van der Waals surface area contributed by atoms with E-state index in [1.165, 1.54) is 17.6 Å². The van der Waals surface area contributed by atoms with Crippen LogP contribution in [0.3, 0.4) is 0 Å². The van der Waals surface area contributed by atoms with Crippen molar-refractivity contribution in [2.45, 2.75) is 40.2 Å². The van der Waals surface area contributed by atoms with E-state index in [2.05, 4.69) is 20.9 Å². The highest BCUT2D eigenvalue weighted by atomic mass is 32.1. The van der Waals surface area contributed by atoms with Crippen LogP contribution in [0.25, 0.3) is 0 Å². The van der Waals surface area contributed by atoms with Crippen molar-refractivity contribution in [3.63, 3.8) is 0 Å². The molecule has 2 heterocycles. The zero-order valence-electron chi connectivity index (χ0n) is 18.2. The summed E-state index contributed by atoms with van der Waals surface area (Å²) in [7, 11) is 0. The molecule has 8 nitrogen and oxygen atoms in total. The molecule has 0 aliphatic carbocycles. The number of hydrogen-bond acceptors (Lipinski definition) is 6. The smallest absolute Gasteiger partial charge is 0.260 e. The Hall–Kier alpha value is -3.46. The van der Waals surface area contributed by atoms with Crippen molar-refractivity contribution in [3.8, 4) is 0 Å². The van der Waals surface area contributed by atoms with Gasteiger partial charge in [-0.25, -0.2) is 4.98 Å². The van der Waals surface area contributed by atoms with Crippen LogP contribution in [0.15, 0.2) is 46.4 Å². The molecule has 9 heteroatoms. The molecule has 0 saturated heterocycles. The lowest BCUT2D eigenvalue weighted by molar-refractivity contribution is -0.121. The second-order valence-electron chi connectivity index (χ2n) is 7.44. The van der Waals surface area contributed by atoms with Crippen LogP contribution < -0.4 is 16.0 Å². The number of nitrogens with one attached hydrogen (secondary N) is 3. The average molecular weight is 455 g/mol. The van der Waals surface area contributed by atoms with E-state index >= 15 is 0 Å². The Morgan fingerprint density at radius 2 is 2.00 bits per heavy atom. The minimum absolute atomic E-state index is 0.0250. The number of thiazole rings is 1. The van der Waals surface area contributed by atoms with Gasteiger partial charge in [0, 0.05) is 23.5 Å². The molecule has 168 valence electrons. The summed E-state index contributed by atoms with van der Waals surface area (Å²) in [5.41, 5.74) is 2.60. The predicted octanol–water partition coefficient (Wildman–Crippen LogP) is 4.14. The first kappa shape index (κ1) is 23.2. The number of aryl methyl sites for hydroxylation is 1. The average Bonchev–Trinajstić information content (AvgIpc) is 3.40. The van der Waals surface area contributed by atoms with E-state index in [-0.39, 0.29) is 30.1 Å². The first-order valence-electron chi connectivity index (χ1n) is 10.3. The van der Waals surface area contributed by atoms with Crippen LogP contribution in [0, 0.1) is 12.8 Å². The van der Waals surface area contributed by atoms with Crippen LogP contribution >= 0.6 is 11.3 Å². The van der Waals surface area contributed by atoms with Gasteiger partial charge in [0.1, 0.15) is 5.76 Å². The number of benzene rings is 1. The Morgan fingerprint density at radius 3 is 2.72 bits per heavy atom. The fourth-order valence-electron chi connectivity index (χ4n) is 2.87. The number of amides is 3. The Bertz CT molecular complexity index is 1100. The van der Waals surface area contributed by atoms with E-state index < -0.39 is 0 Å². The third kappa shape index (κ3) is 6.27. The van der Waals surface area contributed by atoms with Crippen molar-refractivity contribution >= 4 is 39.9 Å². The van der Waals surface area contributed by atoms with Crippen molar-refractivity contribution in [1.29, 1.82) is 0 Å². The van der Waals surface area contributed by atoms with Gasteiger partial charge in [-0.3, -0.25) is 19.7 Å². The summed E-state index contributed by atoms with van der Waals surface area (Å²) in [6.07, 6.45) is 2.32. The minimum atomic E-state index is -0.304. The highest BCUT2D eigenvalue weighted by molar-refractivity contribution is 7.14. The second-order valence-corrected chi connectivity index (χ2v) is 8.30. The molecular formula is C23H26N4O4S. The molecule has 1 aromatic carbocycles. The minimum Gasteiger partial charge on any atom is -0.469 e. The molecule has 1 unspecified atom stereocenters. The van der Waals surface area contributed by atoms with Crippen molar-refractivity contribution in [2.24, 2.45) is 5.92 Å². The van der Waals surface area contributed by atoms with Crippen molar-refractivity contribution in [2.75, 3.05) is 10.6 Å². The standard InChI is InChI=1S/C23H26N4O4S/c1-4-14(2)21(29)25-17-7-5-6-16(10-17)12-24-20(28)11-18-13-32-23(26-18)27-22(30)19-8-9-31-15(19)3/h5-10,13-14H,4,11-12H2,1-3H3,(H,24,28)(H,25,29)(H,26,27,30). The number of rotatable bonds is 9. The molecule has 3 N–H and O–H groups in total. The van der Waals surface area contributed by atoms with Crippen LogP contribution in [0.4, 0.5) is 10.8 Å². The molecule has 0 radical (unpaired) electrons. The zero-order valence-corrected chi connectivity index (χ0v) is 19.0. The summed E-state index contributed by atoms with van der Waals surface area (Å²) in [4.78, 5) is 40.9. The molecule has 3 aromatic rings. The molecule has 32 heavy (non-hydrogen) atoms. The van der Waals surface area contributed by atoms with Gasteiger partial charge in [0.05, 0.1) is 23.9 Å². The summed E-state index contributed by atoms with van der Waals surface area (Å²) in [6.45, 7) is 5.89. The van der Waals surface area contributed by atoms with Crippen LogP contribution in [0.5, 0.6) is 0 Å². The van der Waals surface area contributed by atoms with Crippen LogP contribution in [0.1, 0.15) is 47.6 Å². The third-order valence-electron chi connectivity index (χ3n) is 4.96. The molecule has 0 aliphatic heterocycles. The fourth-order valence-corrected chi connectivity index (χ4v) is 3.57. The lowest BCUT2D eigenvalue weighted by Crippen LogP contribution is -2.25. The molecule has 0 aliphatic rings. The van der Waals surface area contributed by atoms with Gasteiger partial charge in [0.15, 0.2) is 5.13 Å². The Labute approximate surface area is 190 Å². The molecular weight excluding hydrogens is 428 g/mol. The number of furan rings is 1. The van der Waals surface area contributed by atoms with E-state index in [1.807, 2.05) is 38.1 Å². The molecule has 1 atom stereocenters. The van der Waals surface area contributed by atoms with E-state index in [0.29, 0.717) is 34.4 Å². The van der Waals surface area contributed by atoms with Crippen molar-refractivity contribution in [3.05, 3.63) is 64.6 Å². The van der Waals surface area contributed by atoms with E-state index in [1.54, 1.807) is 18.4 Å². The Balaban J connectivity index is 1.49. The number of carbonyl (C=O) groups is 3. The quantitative estimate of drug-likeness (QED) is 0.450. The maximum Gasteiger partial charge on any atom is 0.260 e. The molecule has 3 rings (SSSR count). The van der Waals surface area contributed by atoms with Crippen molar-refractivity contribution in [1.82, 2.24) is 10.3 Å². The molecule has 3 amide bonds. The third-order valence-corrected chi connectivity index (χ3v) is 5.77. The lowest BCUT2D eigenvalue weighted by Gasteiger charge is -2.11. The monoisotopic (exact) mass is 454 g/mol. The fraction of sp³-hybridized carbons (Fsp3) is 0.304. The van der Waals surface area contributed by atoms with E-state index in [0.717, 1.165) is 12.0 Å². The van der Waals surface area contributed by atoms with Gasteiger partial charge >= 0.3 is 0 Å². The van der Waals surface area contributed by atoms with E-state index in [9.17, 15) is 14.4 Å². The SMILES string of the molecule is CCC(C)C(=O)Nc1cccc(CNC(=O)Cc2csc(NC(=O)c3ccoc3C)n2)c1.